The molecule has 84 valence electrons. The molecule has 1 N–H and O–H groups in total. The van der Waals surface area contributed by atoms with E-state index in [1.54, 1.807) is 0 Å². The molecule has 0 saturated heterocycles. The molecule has 2 unspecified atom stereocenters. The Morgan fingerprint density at radius 1 is 1.43 bits per heavy atom. The number of carbonyl (C=O) groups excluding carboxylic acids is 1. The van der Waals surface area contributed by atoms with Crippen molar-refractivity contribution in [1.82, 2.24) is 5.32 Å². The first-order valence-corrected chi connectivity index (χ1v) is 6.75. The molecule has 1 amide bonds. The van der Waals surface area contributed by atoms with Crippen LogP contribution in [0.3, 0.4) is 0 Å². The number of sulfone groups is 1. The molecular formula is C8H16ClNO3S. The highest BCUT2D eigenvalue weighted by molar-refractivity contribution is 7.92. The third-order valence-corrected chi connectivity index (χ3v) is 3.57. The zero-order chi connectivity index (χ0) is 11.4. The van der Waals surface area contributed by atoms with Crippen molar-refractivity contribution in [2.24, 2.45) is 0 Å². The number of hydrogen-bond acceptors (Lipinski definition) is 3. The zero-order valence-corrected chi connectivity index (χ0v) is 10.2. The molecule has 2 atom stereocenters. The first kappa shape index (κ1) is 13.7. The normalized spacial score (nSPS) is 16.0. The highest BCUT2D eigenvalue weighted by Crippen LogP contribution is 2.00. The number of halogens is 1. The van der Waals surface area contributed by atoms with Gasteiger partial charge in [-0.2, -0.15) is 0 Å². The summed E-state index contributed by atoms with van der Waals surface area (Å²) in [5.41, 5.74) is 0. The fourth-order valence-corrected chi connectivity index (χ4v) is 1.31. The van der Waals surface area contributed by atoms with E-state index in [2.05, 4.69) is 5.32 Å². The quantitative estimate of drug-likeness (QED) is 0.716. The van der Waals surface area contributed by atoms with Gasteiger partial charge in [0.15, 0.2) is 9.84 Å². The average Bonchev–Trinajstić information content (AvgIpc) is 2.00. The Labute approximate surface area is 89.9 Å². The van der Waals surface area contributed by atoms with E-state index in [1.807, 2.05) is 6.92 Å². The number of alkyl halides is 1. The number of amides is 1. The van der Waals surface area contributed by atoms with Crippen LogP contribution in [0, 0.1) is 0 Å². The standard InChI is InChI=1S/C8H16ClNO3S/c1-6(9)4-5-10-8(11)7(2)14(3,12)13/h6-7H,4-5H2,1-3H3,(H,10,11). The summed E-state index contributed by atoms with van der Waals surface area (Å²) in [6.07, 6.45) is 1.67. The van der Waals surface area contributed by atoms with E-state index < -0.39 is 21.0 Å². The topological polar surface area (TPSA) is 63.2 Å². The van der Waals surface area contributed by atoms with Crippen molar-refractivity contribution < 1.29 is 13.2 Å². The SMILES string of the molecule is CC(Cl)CCNC(=O)C(C)S(C)(=O)=O. The average molecular weight is 242 g/mol. The summed E-state index contributed by atoms with van der Waals surface area (Å²) in [6, 6.07) is 0. The van der Waals surface area contributed by atoms with E-state index in [0.29, 0.717) is 13.0 Å². The molecule has 0 spiro atoms. The van der Waals surface area contributed by atoms with Crippen molar-refractivity contribution in [3.05, 3.63) is 0 Å². The van der Waals surface area contributed by atoms with Crippen molar-refractivity contribution >= 4 is 27.3 Å². The molecule has 14 heavy (non-hydrogen) atoms. The van der Waals surface area contributed by atoms with Crippen LogP contribution >= 0.6 is 11.6 Å². The van der Waals surface area contributed by atoms with E-state index in [9.17, 15) is 13.2 Å². The van der Waals surface area contributed by atoms with Crippen LogP contribution in [0.5, 0.6) is 0 Å². The third kappa shape index (κ3) is 5.44. The van der Waals surface area contributed by atoms with Crippen molar-refractivity contribution in [2.75, 3.05) is 12.8 Å². The molecular weight excluding hydrogens is 226 g/mol. The number of carbonyl (C=O) groups is 1. The summed E-state index contributed by atoms with van der Waals surface area (Å²) in [7, 11) is -3.30. The van der Waals surface area contributed by atoms with Gasteiger partial charge in [0.1, 0.15) is 5.25 Å². The van der Waals surface area contributed by atoms with Crippen LogP contribution < -0.4 is 5.32 Å². The molecule has 0 fully saturated rings. The molecule has 0 radical (unpaired) electrons. The van der Waals surface area contributed by atoms with Crippen LogP contribution in [0.15, 0.2) is 0 Å². The summed E-state index contributed by atoms with van der Waals surface area (Å²) >= 11 is 5.66. The summed E-state index contributed by atoms with van der Waals surface area (Å²) < 4.78 is 22.0. The van der Waals surface area contributed by atoms with Gasteiger partial charge in [-0.05, 0) is 20.3 Å². The molecule has 0 aliphatic heterocycles. The fraction of sp³-hybridized carbons (Fsp3) is 0.875. The Morgan fingerprint density at radius 3 is 2.29 bits per heavy atom. The van der Waals surface area contributed by atoms with Gasteiger partial charge >= 0.3 is 0 Å². The van der Waals surface area contributed by atoms with E-state index in [-0.39, 0.29) is 5.38 Å². The van der Waals surface area contributed by atoms with Gasteiger partial charge in [-0.3, -0.25) is 4.79 Å². The minimum atomic E-state index is -3.30. The lowest BCUT2D eigenvalue weighted by atomic mass is 10.3. The molecule has 0 aromatic carbocycles. The van der Waals surface area contributed by atoms with Gasteiger partial charge in [0.25, 0.3) is 0 Å². The highest BCUT2D eigenvalue weighted by atomic mass is 35.5. The van der Waals surface area contributed by atoms with Gasteiger partial charge in [0.05, 0.1) is 0 Å². The third-order valence-electron chi connectivity index (χ3n) is 1.85. The van der Waals surface area contributed by atoms with E-state index in [0.717, 1.165) is 6.26 Å². The van der Waals surface area contributed by atoms with Gasteiger partial charge in [-0.15, -0.1) is 11.6 Å². The maximum Gasteiger partial charge on any atom is 0.238 e. The van der Waals surface area contributed by atoms with Crippen molar-refractivity contribution in [3.8, 4) is 0 Å². The Kier molecular flexibility index (Phi) is 5.44. The summed E-state index contributed by atoms with van der Waals surface area (Å²) in [5, 5.41) is 1.50. The van der Waals surface area contributed by atoms with Crippen LogP contribution in [0.25, 0.3) is 0 Å². The van der Waals surface area contributed by atoms with Crippen LogP contribution in [0.2, 0.25) is 0 Å². The number of nitrogens with one attached hydrogen (secondary N) is 1. The Balaban J connectivity index is 3.98. The number of rotatable bonds is 5. The van der Waals surface area contributed by atoms with Crippen LogP contribution in [-0.2, 0) is 14.6 Å². The largest absolute Gasteiger partial charge is 0.355 e. The van der Waals surface area contributed by atoms with Crippen molar-refractivity contribution in [1.29, 1.82) is 0 Å². The minimum absolute atomic E-state index is 0.0242. The predicted octanol–water partition coefficient (Wildman–Crippen LogP) is 0.553. The predicted molar refractivity (Wildman–Crippen MR) is 57.2 cm³/mol. The summed E-state index contributed by atoms with van der Waals surface area (Å²) in [5.74, 6) is -0.468. The van der Waals surface area contributed by atoms with Gasteiger partial charge in [0.2, 0.25) is 5.91 Å². The highest BCUT2D eigenvalue weighted by Gasteiger charge is 2.22. The Hall–Kier alpha value is -0.290. The number of hydrogen-bond donors (Lipinski definition) is 1. The first-order chi connectivity index (χ1) is 6.25. The zero-order valence-electron chi connectivity index (χ0n) is 8.58. The molecule has 0 aliphatic rings. The van der Waals surface area contributed by atoms with Gasteiger partial charge in [-0.25, -0.2) is 8.42 Å². The first-order valence-electron chi connectivity index (χ1n) is 4.35. The molecule has 0 rings (SSSR count). The van der Waals surface area contributed by atoms with E-state index in [1.165, 1.54) is 6.92 Å². The van der Waals surface area contributed by atoms with E-state index in [4.69, 9.17) is 11.6 Å². The lowest BCUT2D eigenvalue weighted by Crippen LogP contribution is -2.38. The van der Waals surface area contributed by atoms with Crippen molar-refractivity contribution in [3.63, 3.8) is 0 Å². The van der Waals surface area contributed by atoms with Crippen LogP contribution in [0.4, 0.5) is 0 Å². The second kappa shape index (κ2) is 5.56. The molecule has 4 nitrogen and oxygen atoms in total. The molecule has 0 bridgehead atoms. The van der Waals surface area contributed by atoms with Crippen LogP contribution in [0.1, 0.15) is 20.3 Å². The molecule has 0 aliphatic carbocycles. The Morgan fingerprint density at radius 2 is 1.93 bits per heavy atom. The molecule has 0 saturated carbocycles. The molecule has 6 heteroatoms. The Bertz CT molecular complexity index is 287. The molecule has 0 heterocycles. The lowest BCUT2D eigenvalue weighted by Gasteiger charge is -2.10. The monoisotopic (exact) mass is 241 g/mol. The second-order valence-corrected chi connectivity index (χ2v) is 6.44. The maximum absolute atomic E-state index is 11.2. The van der Waals surface area contributed by atoms with Gasteiger partial charge < -0.3 is 5.32 Å². The van der Waals surface area contributed by atoms with Gasteiger partial charge in [0, 0.05) is 18.2 Å². The van der Waals surface area contributed by atoms with Crippen molar-refractivity contribution in [2.45, 2.75) is 30.9 Å². The molecule has 0 aromatic rings. The molecule has 0 aromatic heterocycles. The summed E-state index contributed by atoms with van der Waals surface area (Å²) in [6.45, 7) is 3.59. The summed E-state index contributed by atoms with van der Waals surface area (Å²) in [4.78, 5) is 11.2. The smallest absolute Gasteiger partial charge is 0.238 e. The fourth-order valence-electron chi connectivity index (χ4n) is 0.732. The van der Waals surface area contributed by atoms with Gasteiger partial charge in [-0.1, -0.05) is 0 Å². The second-order valence-electron chi connectivity index (χ2n) is 3.33. The lowest BCUT2D eigenvalue weighted by molar-refractivity contribution is -0.120. The maximum atomic E-state index is 11.2. The van der Waals surface area contributed by atoms with Crippen LogP contribution in [-0.4, -0.2) is 37.8 Å². The minimum Gasteiger partial charge on any atom is -0.355 e. The van der Waals surface area contributed by atoms with E-state index >= 15 is 0 Å².